The van der Waals surface area contributed by atoms with Crippen LogP contribution < -0.4 is 10.0 Å². The van der Waals surface area contributed by atoms with Crippen LogP contribution in [0.15, 0.2) is 89.8 Å². The first-order valence-corrected chi connectivity index (χ1v) is 10.7. The van der Waals surface area contributed by atoms with Gasteiger partial charge in [0, 0.05) is 10.9 Å². The number of rotatable bonds is 5. The van der Waals surface area contributed by atoms with Crippen molar-refractivity contribution in [3.05, 3.63) is 102 Å². The Kier molecular flexibility index (Phi) is 5.39. The first-order chi connectivity index (χ1) is 14.8. The lowest BCUT2D eigenvalue weighted by molar-refractivity contribution is 0.102. The molecule has 0 spiro atoms. The summed E-state index contributed by atoms with van der Waals surface area (Å²) in [6.45, 7) is 0. The maximum Gasteiger partial charge on any atom is 0.262 e. The molecule has 0 radical (unpaired) electrons. The van der Waals surface area contributed by atoms with Gasteiger partial charge < -0.3 is 5.32 Å². The van der Waals surface area contributed by atoms with E-state index in [0.29, 0.717) is 11.1 Å². The molecule has 8 heteroatoms. The molecule has 0 bridgehead atoms. The Balaban J connectivity index is 1.58. The molecule has 5 nitrogen and oxygen atoms in total. The summed E-state index contributed by atoms with van der Waals surface area (Å²) in [5.41, 5.74) is 0.306. The second-order valence-corrected chi connectivity index (χ2v) is 8.42. The predicted molar refractivity (Wildman–Crippen MR) is 116 cm³/mol. The van der Waals surface area contributed by atoms with Gasteiger partial charge in [0.05, 0.1) is 16.3 Å². The summed E-state index contributed by atoms with van der Waals surface area (Å²) in [4.78, 5) is 11.9. The number of anilines is 2. The number of benzene rings is 4. The molecule has 0 aliphatic heterocycles. The summed E-state index contributed by atoms with van der Waals surface area (Å²) in [6.07, 6.45) is 0. The minimum atomic E-state index is -4.07. The van der Waals surface area contributed by atoms with Crippen molar-refractivity contribution < 1.29 is 22.0 Å². The molecule has 31 heavy (non-hydrogen) atoms. The number of fused-ring (bicyclic) bond motifs is 1. The monoisotopic (exact) mass is 438 g/mol. The molecule has 0 saturated carbocycles. The van der Waals surface area contributed by atoms with Crippen LogP contribution in [0.3, 0.4) is 0 Å². The fourth-order valence-corrected chi connectivity index (χ4v) is 4.17. The van der Waals surface area contributed by atoms with Crippen molar-refractivity contribution in [2.45, 2.75) is 4.90 Å². The van der Waals surface area contributed by atoms with Crippen LogP contribution in [0.25, 0.3) is 10.8 Å². The highest BCUT2D eigenvalue weighted by atomic mass is 32.2. The van der Waals surface area contributed by atoms with Gasteiger partial charge in [-0.3, -0.25) is 9.52 Å². The average Bonchev–Trinajstić information content (AvgIpc) is 2.75. The first-order valence-electron chi connectivity index (χ1n) is 9.20. The van der Waals surface area contributed by atoms with E-state index >= 15 is 0 Å². The van der Waals surface area contributed by atoms with Crippen molar-refractivity contribution in [3.8, 4) is 0 Å². The van der Waals surface area contributed by atoms with Crippen LogP contribution in [-0.4, -0.2) is 14.3 Å². The fraction of sp³-hybridized carbons (Fsp3) is 0. The largest absolute Gasteiger partial charge is 0.319 e. The van der Waals surface area contributed by atoms with Crippen LogP contribution in [0.2, 0.25) is 0 Å². The average molecular weight is 438 g/mol. The molecule has 1 amide bonds. The molecule has 0 fully saturated rings. The van der Waals surface area contributed by atoms with Gasteiger partial charge in [-0.1, -0.05) is 36.4 Å². The molecule has 0 atom stereocenters. The normalized spacial score (nSPS) is 11.3. The third-order valence-corrected chi connectivity index (χ3v) is 6.00. The Labute approximate surface area is 177 Å². The van der Waals surface area contributed by atoms with Crippen molar-refractivity contribution in [1.29, 1.82) is 0 Å². The minimum absolute atomic E-state index is 0.134. The van der Waals surface area contributed by atoms with E-state index in [9.17, 15) is 22.0 Å². The van der Waals surface area contributed by atoms with E-state index in [0.717, 1.165) is 29.7 Å². The molecule has 4 rings (SSSR count). The number of halogens is 2. The quantitative estimate of drug-likeness (QED) is 0.451. The Morgan fingerprint density at radius 1 is 0.774 bits per heavy atom. The van der Waals surface area contributed by atoms with Gasteiger partial charge in [-0.2, -0.15) is 0 Å². The van der Waals surface area contributed by atoms with Crippen molar-refractivity contribution in [2.24, 2.45) is 0 Å². The van der Waals surface area contributed by atoms with Gasteiger partial charge in [-0.15, -0.1) is 0 Å². The van der Waals surface area contributed by atoms with Crippen LogP contribution in [0.4, 0.5) is 20.2 Å². The number of hydrogen-bond donors (Lipinski definition) is 2. The molecule has 0 saturated heterocycles. The topological polar surface area (TPSA) is 75.3 Å². The predicted octanol–water partition coefficient (Wildman–Crippen LogP) is 5.17. The number of carbonyl (C=O) groups excluding carboxylic acids is 1. The van der Waals surface area contributed by atoms with E-state index in [2.05, 4.69) is 10.0 Å². The number of carbonyl (C=O) groups is 1. The molecule has 2 N–H and O–H groups in total. The highest BCUT2D eigenvalue weighted by Gasteiger charge is 2.18. The zero-order chi connectivity index (χ0) is 22.0. The van der Waals surface area contributed by atoms with Gasteiger partial charge in [0.25, 0.3) is 15.9 Å². The van der Waals surface area contributed by atoms with Gasteiger partial charge in [0.1, 0.15) is 11.6 Å². The summed E-state index contributed by atoms with van der Waals surface area (Å²) in [5, 5.41) is 3.91. The number of amides is 1. The summed E-state index contributed by atoms with van der Waals surface area (Å²) >= 11 is 0. The molecule has 0 heterocycles. The SMILES string of the molecule is O=C(Nc1ccc(S(=O)(=O)Nc2cccc3ccccc23)cc1F)c1ccc(F)cc1. The second-order valence-electron chi connectivity index (χ2n) is 6.73. The lowest BCUT2D eigenvalue weighted by Crippen LogP contribution is -2.15. The highest BCUT2D eigenvalue weighted by Crippen LogP contribution is 2.27. The smallest absolute Gasteiger partial charge is 0.262 e. The zero-order valence-electron chi connectivity index (χ0n) is 16.0. The van der Waals surface area contributed by atoms with E-state index in [4.69, 9.17) is 0 Å². The van der Waals surface area contributed by atoms with Gasteiger partial charge in [-0.25, -0.2) is 17.2 Å². The van der Waals surface area contributed by atoms with E-state index in [1.807, 2.05) is 18.2 Å². The first kappa shape index (κ1) is 20.5. The molecule has 156 valence electrons. The van der Waals surface area contributed by atoms with Crippen molar-refractivity contribution in [2.75, 3.05) is 10.0 Å². The molecule has 0 aliphatic carbocycles. The molecule has 0 unspecified atom stereocenters. The van der Waals surface area contributed by atoms with Gasteiger partial charge in [-0.05, 0) is 53.9 Å². The van der Waals surface area contributed by atoms with Crippen LogP contribution in [0.1, 0.15) is 10.4 Å². The Morgan fingerprint density at radius 3 is 2.23 bits per heavy atom. The Bertz CT molecular complexity index is 1380. The number of sulfonamides is 1. The molecule has 0 aromatic heterocycles. The molecular weight excluding hydrogens is 422 g/mol. The highest BCUT2D eigenvalue weighted by molar-refractivity contribution is 7.92. The zero-order valence-corrected chi connectivity index (χ0v) is 16.8. The Hall–Kier alpha value is -3.78. The number of nitrogens with one attached hydrogen (secondary N) is 2. The lowest BCUT2D eigenvalue weighted by atomic mass is 10.1. The Morgan fingerprint density at radius 2 is 1.48 bits per heavy atom. The third kappa shape index (κ3) is 4.39. The maximum atomic E-state index is 14.5. The molecule has 0 aliphatic rings. The lowest BCUT2D eigenvalue weighted by Gasteiger charge is -2.12. The van der Waals surface area contributed by atoms with Crippen LogP contribution >= 0.6 is 0 Å². The van der Waals surface area contributed by atoms with Crippen LogP contribution in [0.5, 0.6) is 0 Å². The second kappa shape index (κ2) is 8.16. The van der Waals surface area contributed by atoms with Crippen LogP contribution in [-0.2, 0) is 10.0 Å². The third-order valence-electron chi connectivity index (χ3n) is 4.64. The molecule has 4 aromatic rings. The van der Waals surface area contributed by atoms with Crippen molar-refractivity contribution in [3.63, 3.8) is 0 Å². The summed E-state index contributed by atoms with van der Waals surface area (Å²) in [7, 11) is -4.07. The van der Waals surface area contributed by atoms with E-state index in [1.54, 1.807) is 24.3 Å². The van der Waals surface area contributed by atoms with Crippen LogP contribution in [0, 0.1) is 11.6 Å². The summed E-state index contributed by atoms with van der Waals surface area (Å²) in [5.74, 6) is -2.07. The van der Waals surface area contributed by atoms with Gasteiger partial charge >= 0.3 is 0 Å². The summed E-state index contributed by atoms with van der Waals surface area (Å²) < 4.78 is 55.6. The molecule has 4 aromatic carbocycles. The van der Waals surface area contributed by atoms with Gasteiger partial charge in [0.2, 0.25) is 0 Å². The van der Waals surface area contributed by atoms with E-state index < -0.39 is 27.6 Å². The maximum absolute atomic E-state index is 14.5. The molecular formula is C23H16F2N2O3S. The van der Waals surface area contributed by atoms with E-state index in [1.165, 1.54) is 18.2 Å². The van der Waals surface area contributed by atoms with Crippen molar-refractivity contribution in [1.82, 2.24) is 0 Å². The minimum Gasteiger partial charge on any atom is -0.319 e. The van der Waals surface area contributed by atoms with E-state index in [-0.39, 0.29) is 16.1 Å². The van der Waals surface area contributed by atoms with Gasteiger partial charge in [0.15, 0.2) is 0 Å². The summed E-state index contributed by atoms with van der Waals surface area (Å²) in [6, 6.07) is 20.4. The van der Waals surface area contributed by atoms with Crippen molar-refractivity contribution >= 4 is 38.1 Å². The standard InChI is InChI=1S/C23H16F2N2O3S/c24-17-10-8-16(9-11-17)23(28)26-22-13-12-18(14-20(22)25)31(29,30)27-21-7-3-5-15-4-1-2-6-19(15)21/h1-14,27H,(H,26,28). The fourth-order valence-electron chi connectivity index (χ4n) is 3.08. The number of hydrogen-bond acceptors (Lipinski definition) is 3.